The monoisotopic (exact) mass is 392 g/mol. The van der Waals surface area contributed by atoms with E-state index in [2.05, 4.69) is 10.1 Å². The summed E-state index contributed by atoms with van der Waals surface area (Å²) in [7, 11) is 0. The number of phenols is 1. The molecule has 0 aliphatic carbocycles. The third-order valence-electron chi connectivity index (χ3n) is 5.88. The van der Waals surface area contributed by atoms with Crippen LogP contribution >= 0.6 is 0 Å². The van der Waals surface area contributed by atoms with Gasteiger partial charge in [0.1, 0.15) is 17.2 Å². The van der Waals surface area contributed by atoms with Crippen LogP contribution in [0.5, 0.6) is 5.75 Å². The number of aromatic hydroxyl groups is 1. The molecule has 1 fully saturated rings. The second-order valence-electron chi connectivity index (χ2n) is 8.30. The number of aromatic nitrogens is 1. The molecule has 2 heterocycles. The van der Waals surface area contributed by atoms with Gasteiger partial charge in [-0.2, -0.15) is 0 Å². The van der Waals surface area contributed by atoms with Crippen molar-refractivity contribution in [2.45, 2.75) is 45.3 Å². The largest absolute Gasteiger partial charge is 0.507 e. The Balaban J connectivity index is 1.36. The molecule has 2 aromatic carbocycles. The van der Waals surface area contributed by atoms with Crippen molar-refractivity contribution in [1.82, 2.24) is 10.1 Å². The highest BCUT2D eigenvalue weighted by Crippen LogP contribution is 2.30. The molecule has 0 unspecified atom stereocenters. The summed E-state index contributed by atoms with van der Waals surface area (Å²) < 4.78 is 5.50. The summed E-state index contributed by atoms with van der Waals surface area (Å²) in [6.45, 7) is 6.35. The average molecular weight is 392 g/mol. The molecule has 4 rings (SSSR count). The lowest BCUT2D eigenvalue weighted by atomic mass is 9.87. The number of nitrogens with zero attached hydrogens (tertiary/aromatic N) is 2. The molecule has 1 aromatic heterocycles. The van der Waals surface area contributed by atoms with Gasteiger partial charge in [-0.05, 0) is 43.4 Å². The molecule has 0 atom stereocenters. The van der Waals surface area contributed by atoms with E-state index >= 15 is 0 Å². The Kier molecular flexibility index (Phi) is 5.43. The van der Waals surface area contributed by atoms with Gasteiger partial charge >= 0.3 is 0 Å². The lowest BCUT2D eigenvalue weighted by Gasteiger charge is -2.37. The zero-order chi connectivity index (χ0) is 20.4. The predicted octanol–water partition coefficient (Wildman–Crippen LogP) is 4.23. The third-order valence-corrected chi connectivity index (χ3v) is 5.88. The molecule has 152 valence electrons. The molecule has 0 radical (unpaired) electrons. The van der Waals surface area contributed by atoms with Crippen molar-refractivity contribution in [2.24, 2.45) is 0 Å². The summed E-state index contributed by atoms with van der Waals surface area (Å²) >= 11 is 0. The number of piperidine rings is 1. The minimum Gasteiger partial charge on any atom is -0.507 e. The van der Waals surface area contributed by atoms with Gasteiger partial charge in [-0.25, -0.2) is 0 Å². The van der Waals surface area contributed by atoms with E-state index in [1.54, 1.807) is 0 Å². The van der Waals surface area contributed by atoms with Crippen LogP contribution in [0.25, 0.3) is 11.3 Å². The van der Waals surface area contributed by atoms with Gasteiger partial charge in [-0.3, -0.25) is 4.90 Å². The SMILES string of the molecule is Cc1cc(CN2CCC(O)(Cc3cc(-c4ccccc4)no3)CC2)cc(C)c1O. The highest BCUT2D eigenvalue weighted by Gasteiger charge is 2.33. The first-order chi connectivity index (χ1) is 13.9. The number of hydrogen-bond donors (Lipinski definition) is 2. The van der Waals surface area contributed by atoms with Gasteiger partial charge in [0.15, 0.2) is 0 Å². The molecule has 0 bridgehead atoms. The first-order valence-corrected chi connectivity index (χ1v) is 10.2. The Bertz CT molecular complexity index is 950. The summed E-state index contributed by atoms with van der Waals surface area (Å²) in [6.07, 6.45) is 1.88. The molecule has 0 amide bonds. The minimum absolute atomic E-state index is 0.378. The van der Waals surface area contributed by atoms with Crippen molar-refractivity contribution in [3.05, 3.63) is 71.0 Å². The lowest BCUT2D eigenvalue weighted by Crippen LogP contribution is -2.45. The normalized spacial score (nSPS) is 16.8. The Morgan fingerprint density at radius 1 is 1.03 bits per heavy atom. The number of aliphatic hydroxyl groups is 1. The fourth-order valence-electron chi connectivity index (χ4n) is 4.16. The second kappa shape index (κ2) is 8.01. The predicted molar refractivity (Wildman–Crippen MR) is 113 cm³/mol. The van der Waals surface area contributed by atoms with Gasteiger partial charge in [-0.1, -0.05) is 47.6 Å². The van der Waals surface area contributed by atoms with Crippen LogP contribution in [0.2, 0.25) is 0 Å². The first-order valence-electron chi connectivity index (χ1n) is 10.2. The van der Waals surface area contributed by atoms with Crippen molar-refractivity contribution in [1.29, 1.82) is 0 Å². The van der Waals surface area contributed by atoms with Crippen LogP contribution < -0.4 is 0 Å². The molecule has 2 N–H and O–H groups in total. The Hall–Kier alpha value is -2.63. The average Bonchev–Trinajstić information content (AvgIpc) is 3.17. The van der Waals surface area contributed by atoms with E-state index in [-0.39, 0.29) is 0 Å². The van der Waals surface area contributed by atoms with Crippen LogP contribution in [-0.2, 0) is 13.0 Å². The Morgan fingerprint density at radius 3 is 2.34 bits per heavy atom. The molecule has 3 aromatic rings. The maximum Gasteiger partial charge on any atom is 0.140 e. The summed E-state index contributed by atoms with van der Waals surface area (Å²) in [5.74, 6) is 1.10. The van der Waals surface area contributed by atoms with E-state index in [1.165, 1.54) is 5.56 Å². The standard InChI is InChI=1S/C24H28N2O3/c1-17-12-19(13-18(2)23(17)27)16-26-10-8-24(28,9-11-26)15-21-14-22(25-29-21)20-6-4-3-5-7-20/h3-7,12-14,27-28H,8-11,15-16H2,1-2H3. The fourth-order valence-corrected chi connectivity index (χ4v) is 4.16. The fraction of sp³-hybridized carbons (Fsp3) is 0.375. The van der Waals surface area contributed by atoms with Crippen molar-refractivity contribution in [3.8, 4) is 17.0 Å². The van der Waals surface area contributed by atoms with Crippen molar-refractivity contribution >= 4 is 0 Å². The minimum atomic E-state index is -0.759. The Labute approximate surface area is 171 Å². The molecule has 0 spiro atoms. The van der Waals surface area contributed by atoms with Crippen molar-refractivity contribution in [3.63, 3.8) is 0 Å². The van der Waals surface area contributed by atoms with Gasteiger partial charge in [-0.15, -0.1) is 0 Å². The van der Waals surface area contributed by atoms with E-state index in [0.29, 0.717) is 25.0 Å². The van der Waals surface area contributed by atoms with Gasteiger partial charge in [0.2, 0.25) is 0 Å². The molecule has 5 nitrogen and oxygen atoms in total. The zero-order valence-corrected chi connectivity index (χ0v) is 17.1. The van der Waals surface area contributed by atoms with Gasteiger partial charge < -0.3 is 14.7 Å². The topological polar surface area (TPSA) is 69.7 Å². The molecule has 0 saturated carbocycles. The summed E-state index contributed by atoms with van der Waals surface area (Å²) in [4.78, 5) is 2.36. The number of benzene rings is 2. The van der Waals surface area contributed by atoms with Crippen molar-refractivity contribution in [2.75, 3.05) is 13.1 Å². The molecule has 5 heteroatoms. The molecule has 1 aliphatic heterocycles. The van der Waals surface area contributed by atoms with E-state index in [1.807, 2.05) is 62.4 Å². The van der Waals surface area contributed by atoms with E-state index in [4.69, 9.17) is 4.52 Å². The van der Waals surface area contributed by atoms with Crippen LogP contribution in [0.4, 0.5) is 0 Å². The van der Waals surface area contributed by atoms with Crippen LogP contribution in [-0.4, -0.2) is 39.0 Å². The van der Waals surface area contributed by atoms with Gasteiger partial charge in [0, 0.05) is 37.7 Å². The highest BCUT2D eigenvalue weighted by molar-refractivity contribution is 5.58. The van der Waals surface area contributed by atoms with E-state index in [9.17, 15) is 10.2 Å². The number of rotatable bonds is 5. The smallest absolute Gasteiger partial charge is 0.140 e. The lowest BCUT2D eigenvalue weighted by molar-refractivity contribution is -0.0265. The van der Waals surface area contributed by atoms with Crippen LogP contribution in [0.1, 0.15) is 35.3 Å². The van der Waals surface area contributed by atoms with Crippen molar-refractivity contribution < 1.29 is 14.7 Å². The molecule has 1 aliphatic rings. The summed E-state index contributed by atoms with van der Waals surface area (Å²) in [5.41, 5.74) is 4.08. The maximum absolute atomic E-state index is 11.1. The summed E-state index contributed by atoms with van der Waals surface area (Å²) in [5, 5.41) is 25.2. The maximum atomic E-state index is 11.1. The number of likely N-dealkylation sites (tertiary alicyclic amines) is 1. The van der Waals surface area contributed by atoms with E-state index < -0.39 is 5.60 Å². The zero-order valence-electron chi connectivity index (χ0n) is 17.1. The Morgan fingerprint density at radius 2 is 1.69 bits per heavy atom. The van der Waals surface area contributed by atoms with Crippen LogP contribution in [0.15, 0.2) is 53.1 Å². The van der Waals surface area contributed by atoms with Crippen LogP contribution in [0.3, 0.4) is 0 Å². The molecular formula is C24H28N2O3. The molecular weight excluding hydrogens is 364 g/mol. The molecule has 29 heavy (non-hydrogen) atoms. The van der Waals surface area contributed by atoms with E-state index in [0.717, 1.165) is 47.8 Å². The quantitative estimate of drug-likeness (QED) is 0.680. The second-order valence-corrected chi connectivity index (χ2v) is 8.30. The van der Waals surface area contributed by atoms with Gasteiger partial charge in [0.05, 0.1) is 5.60 Å². The first kappa shape index (κ1) is 19.7. The number of aryl methyl sites for hydroxylation is 2. The highest BCUT2D eigenvalue weighted by atomic mass is 16.5. The van der Waals surface area contributed by atoms with Gasteiger partial charge in [0.25, 0.3) is 0 Å². The summed E-state index contributed by atoms with van der Waals surface area (Å²) in [6, 6.07) is 16.0. The number of phenolic OH excluding ortho intramolecular Hbond substituents is 1. The third kappa shape index (κ3) is 4.52. The van der Waals surface area contributed by atoms with Crippen LogP contribution in [0, 0.1) is 13.8 Å². The number of hydrogen-bond acceptors (Lipinski definition) is 5. The molecule has 1 saturated heterocycles.